The molecule has 0 atom stereocenters. The molecular formula is C31H50N6O3P2S2. The summed E-state index contributed by atoms with van der Waals surface area (Å²) in [5, 5.41) is 1.53. The van der Waals surface area contributed by atoms with Crippen LogP contribution in [0.5, 0.6) is 5.06 Å². The van der Waals surface area contributed by atoms with Crippen molar-refractivity contribution in [3.05, 3.63) is 52.1 Å². The Labute approximate surface area is 272 Å². The van der Waals surface area contributed by atoms with Crippen molar-refractivity contribution in [1.29, 1.82) is 0 Å². The zero-order valence-corrected chi connectivity index (χ0v) is 31.1. The molecule has 5 rings (SSSR count). The first-order chi connectivity index (χ1) is 20.5. The number of aromatic nitrogens is 2. The minimum Gasteiger partial charge on any atom is -0.484 e. The lowest BCUT2D eigenvalue weighted by atomic mass is 9.93. The Hall–Kier alpha value is -1.10. The highest BCUT2D eigenvalue weighted by atomic mass is 32.1. The molecule has 2 saturated heterocycles. The second-order valence-electron chi connectivity index (χ2n) is 14.1. The Balaban J connectivity index is 1.35. The van der Waals surface area contributed by atoms with Crippen LogP contribution in [0.2, 0.25) is 0 Å². The van der Waals surface area contributed by atoms with Gasteiger partial charge in [0.2, 0.25) is 0 Å². The van der Waals surface area contributed by atoms with Gasteiger partial charge in [0.15, 0.2) is 5.06 Å². The first kappa shape index (κ1) is 34.2. The van der Waals surface area contributed by atoms with E-state index in [1.54, 1.807) is 35.1 Å². The van der Waals surface area contributed by atoms with Crippen LogP contribution in [-0.4, -0.2) is 105 Å². The number of rotatable bonds is 9. The maximum absolute atomic E-state index is 12.8. The third-order valence-electron chi connectivity index (χ3n) is 8.86. The number of hydrogen-bond donors (Lipinski definition) is 2. The molecule has 2 radical (unpaired) electrons. The molecule has 2 aliphatic heterocycles. The predicted octanol–water partition coefficient (Wildman–Crippen LogP) is 6.38. The number of hydrogen-bond acceptors (Lipinski definition) is 11. The van der Waals surface area contributed by atoms with Crippen molar-refractivity contribution < 1.29 is 14.5 Å². The average molecular weight is 681 g/mol. The van der Waals surface area contributed by atoms with E-state index in [1.807, 2.05) is 46.4 Å². The van der Waals surface area contributed by atoms with E-state index < -0.39 is 15.6 Å². The standard InChI is InChI=1S/C31H50N6O3P2S2/c1-23-26(33-29(43-23)24-12-15-32-16-13-24)14-17-40-27-11-10-25(44-27)18-28(41(38)34(6)19-30(2,3)20-35(41)7)42(39)36(8)21-31(4,5)22-37(42)9/h10-13,15-16,28,38-39H,14,17-22H2,1-9H3. The number of ether oxygens (including phenoxy) is 1. The van der Waals surface area contributed by atoms with Crippen molar-refractivity contribution in [2.75, 3.05) is 61.0 Å². The molecule has 3 aromatic rings. The van der Waals surface area contributed by atoms with Gasteiger partial charge in [-0.15, -0.1) is 22.7 Å². The van der Waals surface area contributed by atoms with Crippen LogP contribution in [0.4, 0.5) is 0 Å². The van der Waals surface area contributed by atoms with Gasteiger partial charge in [0.1, 0.15) is 20.6 Å². The second-order valence-corrected chi connectivity index (χ2v) is 23.3. The molecule has 5 heterocycles. The Morgan fingerprint density at radius 1 is 0.841 bits per heavy atom. The quantitative estimate of drug-likeness (QED) is 0.250. The monoisotopic (exact) mass is 680 g/mol. The minimum atomic E-state index is -2.89. The van der Waals surface area contributed by atoms with E-state index in [2.05, 4.69) is 64.4 Å². The zero-order valence-electron chi connectivity index (χ0n) is 27.7. The first-order valence-corrected chi connectivity index (χ1v) is 20.3. The molecule has 9 nitrogen and oxygen atoms in total. The van der Waals surface area contributed by atoms with Crippen molar-refractivity contribution in [1.82, 2.24) is 28.6 Å². The highest BCUT2D eigenvalue weighted by molar-refractivity contribution is 7.83. The molecular weight excluding hydrogens is 630 g/mol. The summed E-state index contributed by atoms with van der Waals surface area (Å²) in [6.45, 7) is 14.8. The number of nitrogens with zero attached hydrogens (tertiary/aromatic N) is 6. The van der Waals surface area contributed by atoms with Gasteiger partial charge in [-0.3, -0.25) is 23.7 Å². The van der Waals surface area contributed by atoms with Crippen LogP contribution >= 0.6 is 38.3 Å². The number of thiophene rings is 1. The van der Waals surface area contributed by atoms with Gasteiger partial charge in [-0.2, -0.15) is 0 Å². The predicted molar refractivity (Wildman–Crippen MR) is 187 cm³/mol. The fourth-order valence-electron chi connectivity index (χ4n) is 7.13. The number of thiazole rings is 1. The summed E-state index contributed by atoms with van der Waals surface area (Å²) < 4.78 is 14.9. The molecule has 0 saturated carbocycles. The second kappa shape index (κ2) is 12.8. The summed E-state index contributed by atoms with van der Waals surface area (Å²) in [5.41, 5.74) is 2.25. The summed E-state index contributed by atoms with van der Waals surface area (Å²) in [4.78, 5) is 36.9. The normalized spacial score (nSPS) is 22.5. The Kier molecular flexibility index (Phi) is 9.99. The molecule has 0 amide bonds. The third-order valence-corrected chi connectivity index (χ3v) is 19.4. The molecule has 2 aliphatic rings. The van der Waals surface area contributed by atoms with Gasteiger partial charge in [-0.25, -0.2) is 4.98 Å². The molecule has 0 aliphatic carbocycles. The molecule has 2 fully saturated rings. The zero-order chi connectivity index (χ0) is 32.1. The summed E-state index contributed by atoms with van der Waals surface area (Å²) in [7, 11) is 2.38. The van der Waals surface area contributed by atoms with Gasteiger partial charge >= 0.3 is 0 Å². The van der Waals surface area contributed by atoms with E-state index in [9.17, 15) is 9.79 Å². The van der Waals surface area contributed by atoms with Gasteiger partial charge in [0.25, 0.3) is 0 Å². The Morgan fingerprint density at radius 2 is 1.36 bits per heavy atom. The summed E-state index contributed by atoms with van der Waals surface area (Å²) in [5.74, 6) is 0. The topological polar surface area (TPSA) is 88.4 Å². The molecule has 3 aromatic heterocycles. The maximum Gasteiger partial charge on any atom is 0.173 e. The Morgan fingerprint density at radius 3 is 1.89 bits per heavy atom. The van der Waals surface area contributed by atoms with Crippen LogP contribution in [0.15, 0.2) is 36.7 Å². The average Bonchev–Trinajstić information content (AvgIpc) is 3.54. The number of pyridine rings is 1. The molecule has 0 unspecified atom stereocenters. The molecule has 0 aromatic carbocycles. The molecule has 0 spiro atoms. The van der Waals surface area contributed by atoms with Crippen LogP contribution < -0.4 is 4.74 Å². The lowest BCUT2D eigenvalue weighted by Gasteiger charge is -2.64. The lowest BCUT2D eigenvalue weighted by Crippen LogP contribution is -2.57. The largest absolute Gasteiger partial charge is 0.484 e. The van der Waals surface area contributed by atoms with Crippen LogP contribution in [0.25, 0.3) is 10.6 Å². The summed E-state index contributed by atoms with van der Waals surface area (Å²) >= 11 is 3.33. The van der Waals surface area contributed by atoms with E-state index in [0.29, 0.717) is 13.0 Å². The summed E-state index contributed by atoms with van der Waals surface area (Å²) in [6.07, 6.45) is 4.92. The fraction of sp³-hybridized carbons (Fsp3) is 0.613. The molecule has 13 heteroatoms. The van der Waals surface area contributed by atoms with Crippen LogP contribution in [0.3, 0.4) is 0 Å². The van der Waals surface area contributed by atoms with Gasteiger partial charge < -0.3 is 14.5 Å². The van der Waals surface area contributed by atoms with Crippen molar-refractivity contribution in [3.8, 4) is 15.6 Å². The van der Waals surface area contributed by atoms with E-state index in [4.69, 9.17) is 9.72 Å². The third kappa shape index (κ3) is 6.79. The fourth-order valence-corrected chi connectivity index (χ4v) is 19.2. The van der Waals surface area contributed by atoms with E-state index in [1.165, 1.54) is 4.88 Å². The SMILES string of the molecule is Cc1sc(-c2ccncc2)nc1CCOc1ccc(CC([P]2(O)N(C)CC(C)(C)CN2C)[P]2(O)N(C)CC(C)(C)CN2C)s1. The van der Waals surface area contributed by atoms with Crippen LogP contribution in [0, 0.1) is 17.8 Å². The molecule has 244 valence electrons. The first-order valence-electron chi connectivity index (χ1n) is 15.2. The smallest absolute Gasteiger partial charge is 0.173 e. The van der Waals surface area contributed by atoms with Crippen molar-refractivity contribution in [2.24, 2.45) is 10.8 Å². The van der Waals surface area contributed by atoms with E-state index >= 15 is 0 Å². The van der Waals surface area contributed by atoms with E-state index in [0.717, 1.165) is 58.8 Å². The van der Waals surface area contributed by atoms with Crippen LogP contribution in [-0.2, 0) is 12.8 Å². The van der Waals surface area contributed by atoms with Crippen LogP contribution in [0.1, 0.15) is 43.1 Å². The highest BCUT2D eigenvalue weighted by Gasteiger charge is 2.60. The van der Waals surface area contributed by atoms with E-state index in [-0.39, 0.29) is 16.2 Å². The molecule has 0 bridgehead atoms. The van der Waals surface area contributed by atoms with Gasteiger partial charge in [0.05, 0.1) is 17.7 Å². The molecule has 2 N–H and O–H groups in total. The van der Waals surface area contributed by atoms with Crippen molar-refractivity contribution in [2.45, 2.75) is 52.9 Å². The lowest BCUT2D eigenvalue weighted by molar-refractivity contribution is 0.156. The maximum atomic E-state index is 12.8. The van der Waals surface area contributed by atoms with Crippen molar-refractivity contribution >= 4 is 38.3 Å². The minimum absolute atomic E-state index is 0.0480. The Bertz CT molecular complexity index is 1360. The van der Waals surface area contributed by atoms with Gasteiger partial charge in [0, 0.05) is 66.7 Å². The highest BCUT2D eigenvalue weighted by Crippen LogP contribution is 2.83. The van der Waals surface area contributed by atoms with Gasteiger partial charge in [-0.1, -0.05) is 27.7 Å². The summed E-state index contributed by atoms with van der Waals surface area (Å²) in [6, 6.07) is 8.13. The molecule has 44 heavy (non-hydrogen) atoms. The van der Waals surface area contributed by atoms with Crippen molar-refractivity contribution in [3.63, 3.8) is 0 Å². The number of aryl methyl sites for hydroxylation is 1. The van der Waals surface area contributed by atoms with Gasteiger partial charge in [-0.05, 0) is 70.2 Å².